The number of carbonyl (C=O) groups is 3. The second-order valence-electron chi connectivity index (χ2n) is 5.73. The molecule has 8 heteroatoms. The number of esters is 1. The number of methoxy groups -OCH3 is 1. The molecular weight excluding hydrogens is 384 g/mol. The molecule has 144 valence electrons. The Morgan fingerprint density at radius 1 is 1.11 bits per heavy atom. The predicted octanol–water partition coefficient (Wildman–Crippen LogP) is 3.31. The number of ether oxygens (including phenoxy) is 2. The standard InChI is InChI=1S/C20H17ClN2O5/c1-3-28-15-10-5-4-9-14(15)22-17-16(21)18(24)23(19(17)25)13-8-6-7-12(11-13)20(26)27-2/h4-11,22H,3H2,1-2H3. The third kappa shape index (κ3) is 3.57. The molecule has 0 aromatic heterocycles. The van der Waals surface area contributed by atoms with Crippen LogP contribution in [0.4, 0.5) is 11.4 Å². The van der Waals surface area contributed by atoms with Crippen LogP contribution in [-0.4, -0.2) is 31.5 Å². The van der Waals surface area contributed by atoms with Crippen molar-refractivity contribution in [2.75, 3.05) is 23.9 Å². The summed E-state index contributed by atoms with van der Waals surface area (Å²) in [7, 11) is 1.25. The Labute approximate surface area is 166 Å². The number of hydrogen-bond acceptors (Lipinski definition) is 6. The molecule has 0 saturated carbocycles. The number of hydrogen-bond donors (Lipinski definition) is 1. The largest absolute Gasteiger partial charge is 0.492 e. The van der Waals surface area contributed by atoms with Gasteiger partial charge in [-0.3, -0.25) is 9.59 Å². The summed E-state index contributed by atoms with van der Waals surface area (Å²) in [6, 6.07) is 13.0. The molecule has 0 atom stereocenters. The maximum absolute atomic E-state index is 12.9. The van der Waals surface area contributed by atoms with Crippen molar-refractivity contribution in [3.05, 3.63) is 64.8 Å². The fraction of sp³-hybridized carbons (Fsp3) is 0.150. The second kappa shape index (κ2) is 8.14. The van der Waals surface area contributed by atoms with Gasteiger partial charge in [0.2, 0.25) is 0 Å². The second-order valence-corrected chi connectivity index (χ2v) is 6.11. The van der Waals surface area contributed by atoms with E-state index in [1.165, 1.54) is 25.3 Å². The summed E-state index contributed by atoms with van der Waals surface area (Å²) in [4.78, 5) is 38.1. The Bertz CT molecular complexity index is 986. The van der Waals surface area contributed by atoms with Crippen LogP contribution >= 0.6 is 11.6 Å². The number of halogens is 1. The Morgan fingerprint density at radius 3 is 2.57 bits per heavy atom. The summed E-state index contributed by atoms with van der Waals surface area (Å²) in [6.45, 7) is 2.27. The van der Waals surface area contributed by atoms with Gasteiger partial charge in [-0.15, -0.1) is 0 Å². The molecule has 7 nitrogen and oxygen atoms in total. The highest BCUT2D eigenvalue weighted by Gasteiger charge is 2.39. The van der Waals surface area contributed by atoms with E-state index in [2.05, 4.69) is 10.1 Å². The number of amides is 2. The van der Waals surface area contributed by atoms with Crippen LogP contribution in [0.2, 0.25) is 0 Å². The highest BCUT2D eigenvalue weighted by molar-refractivity contribution is 6.53. The van der Waals surface area contributed by atoms with Crippen molar-refractivity contribution < 1.29 is 23.9 Å². The molecule has 1 N–H and O–H groups in total. The van der Waals surface area contributed by atoms with Gasteiger partial charge in [-0.05, 0) is 37.3 Å². The summed E-state index contributed by atoms with van der Waals surface area (Å²) >= 11 is 6.15. The molecule has 3 rings (SSSR count). The molecule has 0 radical (unpaired) electrons. The molecular formula is C20H17ClN2O5. The fourth-order valence-corrected chi connectivity index (χ4v) is 2.93. The van der Waals surface area contributed by atoms with Crippen LogP contribution in [0.3, 0.4) is 0 Å². The molecule has 1 aliphatic heterocycles. The van der Waals surface area contributed by atoms with Crippen LogP contribution < -0.4 is 15.0 Å². The maximum atomic E-state index is 12.9. The lowest BCUT2D eigenvalue weighted by Crippen LogP contribution is -2.32. The van der Waals surface area contributed by atoms with Gasteiger partial charge in [0, 0.05) is 0 Å². The van der Waals surface area contributed by atoms with E-state index in [1.54, 1.807) is 30.3 Å². The van der Waals surface area contributed by atoms with Crippen molar-refractivity contribution in [3.63, 3.8) is 0 Å². The van der Waals surface area contributed by atoms with Gasteiger partial charge >= 0.3 is 5.97 Å². The average Bonchev–Trinajstić information content (AvgIpc) is 2.92. The highest BCUT2D eigenvalue weighted by atomic mass is 35.5. The number of nitrogens with zero attached hydrogens (tertiary/aromatic N) is 1. The van der Waals surface area contributed by atoms with Crippen LogP contribution in [0.5, 0.6) is 5.75 Å². The Kier molecular flexibility index (Phi) is 5.65. The number of anilines is 2. The molecule has 0 fully saturated rings. The molecule has 2 aromatic rings. The first-order valence-corrected chi connectivity index (χ1v) is 8.81. The van der Waals surface area contributed by atoms with Crippen LogP contribution in [-0.2, 0) is 14.3 Å². The Balaban J connectivity index is 1.92. The summed E-state index contributed by atoms with van der Waals surface area (Å²) < 4.78 is 10.2. The zero-order valence-corrected chi connectivity index (χ0v) is 15.9. The van der Waals surface area contributed by atoms with Gasteiger partial charge in [-0.2, -0.15) is 0 Å². The molecule has 0 unspecified atom stereocenters. The van der Waals surface area contributed by atoms with Crippen molar-refractivity contribution in [2.45, 2.75) is 6.92 Å². The van der Waals surface area contributed by atoms with Crippen LogP contribution in [0.15, 0.2) is 59.3 Å². The van der Waals surface area contributed by atoms with E-state index in [0.717, 1.165) is 4.90 Å². The van der Waals surface area contributed by atoms with Gasteiger partial charge in [-0.25, -0.2) is 9.69 Å². The van der Waals surface area contributed by atoms with Crippen LogP contribution in [0.25, 0.3) is 0 Å². The van der Waals surface area contributed by atoms with Gasteiger partial charge in [0.15, 0.2) is 0 Å². The lowest BCUT2D eigenvalue weighted by molar-refractivity contribution is -0.120. The van der Waals surface area contributed by atoms with Crippen molar-refractivity contribution in [3.8, 4) is 5.75 Å². The Morgan fingerprint density at radius 2 is 1.86 bits per heavy atom. The number of benzene rings is 2. The van der Waals surface area contributed by atoms with Crippen molar-refractivity contribution in [1.82, 2.24) is 0 Å². The van der Waals surface area contributed by atoms with Gasteiger partial charge in [-0.1, -0.05) is 29.8 Å². The van der Waals surface area contributed by atoms with Crippen molar-refractivity contribution >= 4 is 40.8 Å². The molecule has 1 heterocycles. The quantitative estimate of drug-likeness (QED) is 0.591. The van der Waals surface area contributed by atoms with E-state index in [9.17, 15) is 14.4 Å². The lowest BCUT2D eigenvalue weighted by Gasteiger charge is -2.16. The summed E-state index contributed by atoms with van der Waals surface area (Å²) in [5.41, 5.74) is 0.858. The van der Waals surface area contributed by atoms with Gasteiger partial charge in [0.05, 0.1) is 30.7 Å². The molecule has 2 amide bonds. The minimum atomic E-state index is -0.690. The Hall–Kier alpha value is -3.32. The third-order valence-corrected chi connectivity index (χ3v) is 4.35. The SMILES string of the molecule is CCOc1ccccc1NC1=C(Cl)C(=O)N(c2cccc(C(=O)OC)c2)C1=O. The average molecular weight is 401 g/mol. The normalized spacial score (nSPS) is 13.8. The van der Waals surface area contributed by atoms with E-state index in [4.69, 9.17) is 16.3 Å². The summed E-state index contributed by atoms with van der Waals surface area (Å²) in [5, 5.41) is 2.64. The van der Waals surface area contributed by atoms with E-state index < -0.39 is 17.8 Å². The van der Waals surface area contributed by atoms with Crippen molar-refractivity contribution in [2.24, 2.45) is 0 Å². The summed E-state index contributed by atoms with van der Waals surface area (Å²) in [6.07, 6.45) is 0. The monoisotopic (exact) mass is 400 g/mol. The predicted molar refractivity (Wildman–Crippen MR) is 104 cm³/mol. The van der Waals surface area contributed by atoms with Crippen LogP contribution in [0.1, 0.15) is 17.3 Å². The molecule has 28 heavy (non-hydrogen) atoms. The van der Waals surface area contributed by atoms with E-state index in [1.807, 2.05) is 6.92 Å². The first kappa shape index (κ1) is 19.4. The molecule has 2 aromatic carbocycles. The number of para-hydroxylation sites is 2. The van der Waals surface area contributed by atoms with E-state index in [0.29, 0.717) is 18.0 Å². The first-order valence-electron chi connectivity index (χ1n) is 8.43. The number of imide groups is 1. The first-order chi connectivity index (χ1) is 13.5. The minimum absolute atomic E-state index is 0.0673. The summed E-state index contributed by atoms with van der Waals surface area (Å²) in [5.74, 6) is -1.38. The maximum Gasteiger partial charge on any atom is 0.337 e. The van der Waals surface area contributed by atoms with Gasteiger partial charge in [0.25, 0.3) is 11.8 Å². The van der Waals surface area contributed by atoms with Gasteiger partial charge in [0.1, 0.15) is 16.5 Å². The zero-order valence-electron chi connectivity index (χ0n) is 15.2. The van der Waals surface area contributed by atoms with Crippen LogP contribution in [0, 0.1) is 0 Å². The molecule has 0 spiro atoms. The molecule has 0 saturated heterocycles. The number of carbonyl (C=O) groups excluding carboxylic acids is 3. The smallest absolute Gasteiger partial charge is 0.337 e. The lowest BCUT2D eigenvalue weighted by atomic mass is 10.2. The highest BCUT2D eigenvalue weighted by Crippen LogP contribution is 2.33. The van der Waals surface area contributed by atoms with Crippen molar-refractivity contribution in [1.29, 1.82) is 0 Å². The fourth-order valence-electron chi connectivity index (χ4n) is 2.72. The topological polar surface area (TPSA) is 84.9 Å². The number of nitrogens with one attached hydrogen (secondary N) is 1. The zero-order chi connectivity index (χ0) is 20.3. The minimum Gasteiger partial charge on any atom is -0.492 e. The molecule has 1 aliphatic rings. The number of rotatable bonds is 6. The van der Waals surface area contributed by atoms with E-state index >= 15 is 0 Å². The van der Waals surface area contributed by atoms with E-state index in [-0.39, 0.29) is 22.0 Å². The molecule has 0 bridgehead atoms. The van der Waals surface area contributed by atoms with Gasteiger partial charge < -0.3 is 14.8 Å². The molecule has 0 aliphatic carbocycles. The third-order valence-electron chi connectivity index (χ3n) is 4.00.